The summed E-state index contributed by atoms with van der Waals surface area (Å²) in [7, 11) is 0. The fourth-order valence-electron chi connectivity index (χ4n) is 8.25. The van der Waals surface area contributed by atoms with Crippen molar-refractivity contribution in [3.63, 3.8) is 0 Å². The SMILES string of the molecule is Cc1cc(C)cc(-c2[nH]c3sc(C(C)(C)C(=O)N4C5CCC4CC5)cc3c2CCN2CCN(CCN3CCOCC3)CC2)c1. The van der Waals surface area contributed by atoms with Gasteiger partial charge in [-0.2, -0.15) is 0 Å². The van der Waals surface area contributed by atoms with Gasteiger partial charge in [0.05, 0.1) is 24.3 Å². The third-order valence-electron chi connectivity index (χ3n) is 10.9. The summed E-state index contributed by atoms with van der Waals surface area (Å²) in [5.74, 6) is 0.328. The van der Waals surface area contributed by atoms with Gasteiger partial charge in [-0.1, -0.05) is 17.2 Å². The number of morpholine rings is 1. The number of hydrogen-bond donors (Lipinski definition) is 1. The first-order valence-corrected chi connectivity index (χ1v) is 17.9. The Morgan fingerprint density at radius 3 is 2.02 bits per heavy atom. The molecule has 0 radical (unpaired) electrons. The van der Waals surface area contributed by atoms with Crippen LogP contribution in [0.3, 0.4) is 0 Å². The molecule has 2 bridgehead atoms. The van der Waals surface area contributed by atoms with E-state index in [-0.39, 0.29) is 0 Å². The van der Waals surface area contributed by atoms with E-state index in [9.17, 15) is 4.79 Å². The van der Waals surface area contributed by atoms with Crippen molar-refractivity contribution in [3.05, 3.63) is 45.8 Å². The van der Waals surface area contributed by atoms with Crippen LogP contribution in [0.5, 0.6) is 0 Å². The highest BCUT2D eigenvalue weighted by molar-refractivity contribution is 7.19. The number of ether oxygens (including phenoxy) is 1. The second-order valence-electron chi connectivity index (χ2n) is 14.4. The number of aromatic nitrogens is 1. The van der Waals surface area contributed by atoms with E-state index >= 15 is 0 Å². The van der Waals surface area contributed by atoms with Gasteiger partial charge in [-0.25, -0.2) is 0 Å². The van der Waals surface area contributed by atoms with Crippen molar-refractivity contribution < 1.29 is 9.53 Å². The molecule has 4 aliphatic heterocycles. The highest BCUT2D eigenvalue weighted by Gasteiger charge is 2.47. The Hall–Kier alpha value is -2.23. The van der Waals surface area contributed by atoms with Gasteiger partial charge in [0.15, 0.2) is 0 Å². The van der Waals surface area contributed by atoms with Crippen LogP contribution < -0.4 is 0 Å². The Morgan fingerprint density at radius 1 is 0.841 bits per heavy atom. The molecule has 2 aromatic heterocycles. The fourth-order valence-corrected chi connectivity index (χ4v) is 9.44. The van der Waals surface area contributed by atoms with Crippen molar-refractivity contribution >= 4 is 27.5 Å². The quantitative estimate of drug-likeness (QED) is 0.347. The van der Waals surface area contributed by atoms with E-state index in [1.54, 1.807) is 11.3 Å². The molecular formula is C36H51N5O2S. The van der Waals surface area contributed by atoms with Crippen molar-refractivity contribution in [1.29, 1.82) is 0 Å². The predicted molar refractivity (Wildman–Crippen MR) is 181 cm³/mol. The molecule has 238 valence electrons. The summed E-state index contributed by atoms with van der Waals surface area (Å²) < 4.78 is 5.52. The summed E-state index contributed by atoms with van der Waals surface area (Å²) in [5.41, 5.74) is 6.03. The first kappa shape index (κ1) is 30.4. The summed E-state index contributed by atoms with van der Waals surface area (Å²) in [6.45, 7) is 20.5. The van der Waals surface area contributed by atoms with E-state index in [0.717, 1.165) is 78.5 Å². The molecule has 1 amide bonds. The number of rotatable bonds is 9. The van der Waals surface area contributed by atoms with Crippen molar-refractivity contribution in [2.75, 3.05) is 72.1 Å². The van der Waals surface area contributed by atoms with Gasteiger partial charge in [-0.05, 0) is 89.1 Å². The topological polar surface area (TPSA) is 55.1 Å². The second kappa shape index (κ2) is 12.5. The Balaban J connectivity index is 1.09. The summed E-state index contributed by atoms with van der Waals surface area (Å²) in [6.07, 6.45) is 5.75. The summed E-state index contributed by atoms with van der Waals surface area (Å²) >= 11 is 1.80. The molecule has 0 saturated carbocycles. The van der Waals surface area contributed by atoms with Crippen LogP contribution in [0, 0.1) is 13.8 Å². The third-order valence-corrected chi connectivity index (χ3v) is 12.3. The molecule has 0 spiro atoms. The van der Waals surface area contributed by atoms with Crippen LogP contribution in [0.2, 0.25) is 0 Å². The molecule has 1 N–H and O–H groups in total. The average molecular weight is 618 g/mol. The normalized spacial score (nSPS) is 23.8. The van der Waals surface area contributed by atoms with Crippen LogP contribution in [0.15, 0.2) is 24.3 Å². The molecule has 7 rings (SSSR count). The molecule has 7 nitrogen and oxygen atoms in total. The number of carbonyl (C=O) groups excluding carboxylic acids is 1. The molecule has 4 saturated heterocycles. The van der Waals surface area contributed by atoms with Crippen molar-refractivity contribution in [3.8, 4) is 11.3 Å². The number of nitrogens with zero attached hydrogens (tertiary/aromatic N) is 4. The van der Waals surface area contributed by atoms with Gasteiger partial charge in [0.2, 0.25) is 5.91 Å². The van der Waals surface area contributed by atoms with E-state index in [1.165, 1.54) is 68.7 Å². The van der Waals surface area contributed by atoms with Crippen LogP contribution in [-0.4, -0.2) is 115 Å². The van der Waals surface area contributed by atoms with E-state index < -0.39 is 5.41 Å². The minimum atomic E-state index is -0.509. The van der Waals surface area contributed by atoms with Gasteiger partial charge < -0.3 is 19.5 Å². The van der Waals surface area contributed by atoms with Gasteiger partial charge in [0.25, 0.3) is 0 Å². The number of hydrogen-bond acceptors (Lipinski definition) is 6. The third kappa shape index (κ3) is 6.01. The van der Waals surface area contributed by atoms with Gasteiger partial charge in [0, 0.05) is 81.2 Å². The van der Waals surface area contributed by atoms with Crippen molar-refractivity contribution in [1.82, 2.24) is 24.6 Å². The largest absolute Gasteiger partial charge is 0.379 e. The van der Waals surface area contributed by atoms with Crippen LogP contribution in [-0.2, 0) is 21.4 Å². The molecule has 4 fully saturated rings. The minimum Gasteiger partial charge on any atom is -0.379 e. The lowest BCUT2D eigenvalue weighted by molar-refractivity contribution is -0.137. The number of aromatic amines is 1. The van der Waals surface area contributed by atoms with Gasteiger partial charge in [-0.3, -0.25) is 14.6 Å². The molecule has 0 atom stereocenters. The number of amides is 1. The number of benzene rings is 1. The number of thiophene rings is 1. The molecule has 0 unspecified atom stereocenters. The molecular weight excluding hydrogens is 566 g/mol. The first-order valence-electron chi connectivity index (χ1n) is 17.1. The number of fused-ring (bicyclic) bond motifs is 3. The van der Waals surface area contributed by atoms with Gasteiger partial charge in [0.1, 0.15) is 4.83 Å². The molecule has 8 heteroatoms. The zero-order valence-corrected chi connectivity index (χ0v) is 28.1. The maximum Gasteiger partial charge on any atom is 0.233 e. The molecule has 3 aromatic rings. The van der Waals surface area contributed by atoms with E-state index in [4.69, 9.17) is 4.74 Å². The fraction of sp³-hybridized carbons (Fsp3) is 0.639. The number of H-pyrrole nitrogens is 1. The smallest absolute Gasteiger partial charge is 0.233 e. The Labute approximate surface area is 267 Å². The molecule has 4 aliphatic rings. The van der Waals surface area contributed by atoms with Gasteiger partial charge >= 0.3 is 0 Å². The Bertz CT molecular complexity index is 1440. The molecule has 6 heterocycles. The summed E-state index contributed by atoms with van der Waals surface area (Å²) in [6, 6.07) is 10.2. The number of carbonyl (C=O) groups is 1. The van der Waals surface area contributed by atoms with E-state index in [2.05, 4.69) is 76.5 Å². The monoisotopic (exact) mass is 617 g/mol. The lowest BCUT2D eigenvalue weighted by atomic mass is 9.88. The Morgan fingerprint density at radius 2 is 1.41 bits per heavy atom. The number of piperazine rings is 1. The Kier molecular flexibility index (Phi) is 8.66. The maximum atomic E-state index is 14.0. The standard InChI is InChI=1S/C36H51N5O2S/c1-25-21-26(2)23-27(22-25)33-30(9-10-38-11-13-39(14-12-38)15-16-40-17-19-43-20-18-40)31-24-32(44-34(31)37-33)36(3,4)35(42)41-28-5-6-29(41)8-7-28/h21-24,28-29,37H,5-20H2,1-4H3. The number of nitrogens with one attached hydrogen (secondary N) is 1. The van der Waals surface area contributed by atoms with Crippen LogP contribution in [0.1, 0.15) is 61.1 Å². The maximum absolute atomic E-state index is 14.0. The van der Waals surface area contributed by atoms with Crippen molar-refractivity contribution in [2.24, 2.45) is 0 Å². The molecule has 0 aliphatic carbocycles. The summed E-state index contributed by atoms with van der Waals surface area (Å²) in [5, 5.41) is 1.31. The minimum absolute atomic E-state index is 0.328. The lowest BCUT2D eigenvalue weighted by Crippen LogP contribution is -2.49. The first-order chi connectivity index (χ1) is 21.3. The highest BCUT2D eigenvalue weighted by Crippen LogP contribution is 2.44. The van der Waals surface area contributed by atoms with Gasteiger partial charge in [-0.15, -0.1) is 11.3 Å². The molecule has 1 aromatic carbocycles. The highest BCUT2D eigenvalue weighted by atomic mass is 32.1. The zero-order chi connectivity index (χ0) is 30.4. The predicted octanol–water partition coefficient (Wildman–Crippen LogP) is 5.44. The zero-order valence-electron chi connectivity index (χ0n) is 27.3. The lowest BCUT2D eigenvalue weighted by Gasteiger charge is -2.36. The summed E-state index contributed by atoms with van der Waals surface area (Å²) in [4.78, 5) is 30.3. The van der Waals surface area contributed by atoms with Crippen LogP contribution in [0.4, 0.5) is 0 Å². The second-order valence-corrected chi connectivity index (χ2v) is 15.4. The average Bonchev–Trinajstić information content (AvgIpc) is 3.80. The van der Waals surface area contributed by atoms with E-state index in [1.807, 2.05) is 0 Å². The number of aryl methyl sites for hydroxylation is 2. The van der Waals surface area contributed by atoms with E-state index in [0.29, 0.717) is 18.0 Å². The van der Waals surface area contributed by atoms with Crippen LogP contribution in [0.25, 0.3) is 21.5 Å². The molecule has 44 heavy (non-hydrogen) atoms. The van der Waals surface area contributed by atoms with Crippen molar-refractivity contribution in [2.45, 2.75) is 77.3 Å². The van der Waals surface area contributed by atoms with Crippen LogP contribution >= 0.6 is 11.3 Å².